The summed E-state index contributed by atoms with van der Waals surface area (Å²) in [6, 6.07) is 2.31. The summed E-state index contributed by atoms with van der Waals surface area (Å²) < 4.78 is 36.1. The number of nitriles is 1. The number of alkyl halides is 3. The first-order valence-corrected chi connectivity index (χ1v) is 4.47. The first kappa shape index (κ1) is 12.2. The molecule has 0 radical (unpaired) electrons. The van der Waals surface area contributed by atoms with Gasteiger partial charge >= 0.3 is 6.18 Å². The molecule has 1 rings (SSSR count). The Morgan fingerprint density at radius 2 is 2.25 bits per heavy atom. The Balaban J connectivity index is 2.63. The van der Waals surface area contributed by atoms with Crippen LogP contribution in [0, 0.1) is 11.3 Å². The van der Waals surface area contributed by atoms with Crippen LogP contribution < -0.4 is 5.32 Å². The van der Waals surface area contributed by atoms with Gasteiger partial charge in [-0.3, -0.25) is 0 Å². The lowest BCUT2D eigenvalue weighted by Gasteiger charge is -2.15. The summed E-state index contributed by atoms with van der Waals surface area (Å²) in [5.74, 6) is 0.0239. The molecule has 1 N–H and O–H groups in total. The Hall–Kier alpha value is -1.84. The average molecular weight is 230 g/mol. The SMILES string of the molecule is CC(CC(F)(F)F)Nc1nccc(C#N)n1. The van der Waals surface area contributed by atoms with E-state index in [0.717, 1.165) is 0 Å². The van der Waals surface area contributed by atoms with Gasteiger partial charge in [-0.25, -0.2) is 9.97 Å². The molecule has 4 nitrogen and oxygen atoms in total. The van der Waals surface area contributed by atoms with Crippen molar-refractivity contribution in [3.8, 4) is 6.07 Å². The molecule has 0 aliphatic heterocycles. The highest BCUT2D eigenvalue weighted by Crippen LogP contribution is 2.22. The van der Waals surface area contributed by atoms with Crippen molar-refractivity contribution < 1.29 is 13.2 Å². The number of hydrogen-bond acceptors (Lipinski definition) is 4. The number of hydrogen-bond donors (Lipinski definition) is 1. The molecule has 0 aliphatic carbocycles. The zero-order chi connectivity index (χ0) is 12.2. The summed E-state index contributed by atoms with van der Waals surface area (Å²) in [7, 11) is 0. The molecular formula is C9H9F3N4. The van der Waals surface area contributed by atoms with E-state index in [1.165, 1.54) is 19.2 Å². The predicted octanol–water partition coefficient (Wildman–Crippen LogP) is 2.10. The van der Waals surface area contributed by atoms with E-state index in [1.807, 2.05) is 0 Å². The van der Waals surface area contributed by atoms with E-state index in [4.69, 9.17) is 5.26 Å². The maximum Gasteiger partial charge on any atom is 0.391 e. The largest absolute Gasteiger partial charge is 0.391 e. The summed E-state index contributed by atoms with van der Waals surface area (Å²) in [4.78, 5) is 7.43. The lowest BCUT2D eigenvalue weighted by molar-refractivity contribution is -0.136. The van der Waals surface area contributed by atoms with E-state index in [-0.39, 0.29) is 11.6 Å². The second-order valence-corrected chi connectivity index (χ2v) is 3.24. The fraction of sp³-hybridized carbons (Fsp3) is 0.444. The first-order valence-electron chi connectivity index (χ1n) is 4.47. The average Bonchev–Trinajstić information content (AvgIpc) is 2.15. The van der Waals surface area contributed by atoms with Crippen LogP contribution >= 0.6 is 0 Å². The highest BCUT2D eigenvalue weighted by Gasteiger charge is 2.30. The zero-order valence-electron chi connectivity index (χ0n) is 8.41. The Morgan fingerprint density at radius 1 is 1.56 bits per heavy atom. The summed E-state index contributed by atoms with van der Waals surface area (Å²) in [6.07, 6.45) is -3.90. The van der Waals surface area contributed by atoms with Crippen molar-refractivity contribution in [3.63, 3.8) is 0 Å². The molecule has 16 heavy (non-hydrogen) atoms. The second-order valence-electron chi connectivity index (χ2n) is 3.24. The first-order chi connectivity index (χ1) is 7.40. The molecule has 0 aromatic carbocycles. The van der Waals surface area contributed by atoms with Gasteiger partial charge in [-0.05, 0) is 13.0 Å². The normalized spacial score (nSPS) is 12.9. The van der Waals surface area contributed by atoms with Gasteiger partial charge in [0.1, 0.15) is 11.8 Å². The van der Waals surface area contributed by atoms with E-state index < -0.39 is 18.6 Å². The number of rotatable bonds is 3. The van der Waals surface area contributed by atoms with Crippen LogP contribution in [0.4, 0.5) is 19.1 Å². The minimum absolute atomic E-state index is 0.0239. The number of nitrogens with one attached hydrogen (secondary N) is 1. The van der Waals surface area contributed by atoms with Crippen molar-refractivity contribution in [1.82, 2.24) is 9.97 Å². The van der Waals surface area contributed by atoms with Crippen LogP contribution in [0.15, 0.2) is 12.3 Å². The molecule has 1 heterocycles. The molecule has 0 saturated heterocycles. The molecule has 1 atom stereocenters. The quantitative estimate of drug-likeness (QED) is 0.863. The molecule has 0 saturated carbocycles. The molecule has 1 aromatic heterocycles. The van der Waals surface area contributed by atoms with Crippen molar-refractivity contribution in [3.05, 3.63) is 18.0 Å². The van der Waals surface area contributed by atoms with Crippen LogP contribution in [0.25, 0.3) is 0 Å². The molecule has 0 fully saturated rings. The third-order valence-corrected chi connectivity index (χ3v) is 1.68. The van der Waals surface area contributed by atoms with E-state index >= 15 is 0 Å². The van der Waals surface area contributed by atoms with Crippen LogP contribution in [0.5, 0.6) is 0 Å². The molecule has 0 amide bonds. The lowest BCUT2D eigenvalue weighted by Crippen LogP contribution is -2.24. The van der Waals surface area contributed by atoms with Gasteiger partial charge in [-0.2, -0.15) is 18.4 Å². The van der Waals surface area contributed by atoms with Crippen molar-refractivity contribution >= 4 is 5.95 Å². The van der Waals surface area contributed by atoms with E-state index in [9.17, 15) is 13.2 Å². The molecular weight excluding hydrogens is 221 g/mol. The van der Waals surface area contributed by atoms with Crippen molar-refractivity contribution in [1.29, 1.82) is 5.26 Å². The highest BCUT2D eigenvalue weighted by molar-refractivity contribution is 5.30. The van der Waals surface area contributed by atoms with Crippen LogP contribution in [0.1, 0.15) is 19.0 Å². The molecule has 1 unspecified atom stereocenters. The van der Waals surface area contributed by atoms with Gasteiger partial charge in [0.05, 0.1) is 6.42 Å². The summed E-state index contributed by atoms with van der Waals surface area (Å²) in [5, 5.41) is 11.0. The highest BCUT2D eigenvalue weighted by atomic mass is 19.4. The van der Waals surface area contributed by atoms with E-state index in [1.54, 1.807) is 6.07 Å². The lowest BCUT2D eigenvalue weighted by atomic mass is 10.2. The van der Waals surface area contributed by atoms with Crippen LogP contribution in [-0.4, -0.2) is 22.2 Å². The maximum absolute atomic E-state index is 12.0. The summed E-state index contributed by atoms with van der Waals surface area (Å²) >= 11 is 0. The predicted molar refractivity (Wildman–Crippen MR) is 50.5 cm³/mol. The van der Waals surface area contributed by atoms with Crippen molar-refractivity contribution in [2.75, 3.05) is 5.32 Å². The Morgan fingerprint density at radius 3 is 2.81 bits per heavy atom. The third kappa shape index (κ3) is 4.13. The third-order valence-electron chi connectivity index (χ3n) is 1.68. The van der Waals surface area contributed by atoms with Crippen molar-refractivity contribution in [2.24, 2.45) is 0 Å². The molecule has 0 bridgehead atoms. The molecule has 7 heteroatoms. The molecule has 0 aliphatic rings. The zero-order valence-corrected chi connectivity index (χ0v) is 8.41. The van der Waals surface area contributed by atoms with Gasteiger partial charge in [0.2, 0.25) is 5.95 Å². The maximum atomic E-state index is 12.0. The molecule has 1 aromatic rings. The smallest absolute Gasteiger partial charge is 0.351 e. The topological polar surface area (TPSA) is 61.6 Å². The molecule has 0 spiro atoms. The van der Waals surface area contributed by atoms with E-state index in [2.05, 4.69) is 15.3 Å². The van der Waals surface area contributed by atoms with Gasteiger partial charge in [0, 0.05) is 12.2 Å². The second kappa shape index (κ2) is 4.79. The van der Waals surface area contributed by atoms with Gasteiger partial charge in [-0.15, -0.1) is 0 Å². The Labute approximate surface area is 90.1 Å². The number of nitrogens with zero attached hydrogens (tertiary/aromatic N) is 3. The summed E-state index contributed by atoms with van der Waals surface area (Å²) in [6.45, 7) is 1.37. The monoisotopic (exact) mass is 230 g/mol. The summed E-state index contributed by atoms with van der Waals surface area (Å²) in [5.41, 5.74) is 0.108. The number of aromatic nitrogens is 2. The number of halogens is 3. The van der Waals surface area contributed by atoms with E-state index in [0.29, 0.717) is 0 Å². The van der Waals surface area contributed by atoms with Crippen LogP contribution in [0.2, 0.25) is 0 Å². The van der Waals surface area contributed by atoms with Crippen LogP contribution in [-0.2, 0) is 0 Å². The van der Waals surface area contributed by atoms with Gasteiger partial charge in [0.25, 0.3) is 0 Å². The number of anilines is 1. The van der Waals surface area contributed by atoms with Gasteiger partial charge < -0.3 is 5.32 Å². The van der Waals surface area contributed by atoms with Crippen LogP contribution in [0.3, 0.4) is 0 Å². The fourth-order valence-electron chi connectivity index (χ4n) is 1.11. The van der Waals surface area contributed by atoms with Gasteiger partial charge in [0.15, 0.2) is 0 Å². The van der Waals surface area contributed by atoms with Gasteiger partial charge in [-0.1, -0.05) is 0 Å². The fourth-order valence-corrected chi connectivity index (χ4v) is 1.11. The van der Waals surface area contributed by atoms with Crippen molar-refractivity contribution in [2.45, 2.75) is 25.6 Å². The Kier molecular flexibility index (Phi) is 3.66. The minimum atomic E-state index is -4.24. The molecule has 86 valence electrons. The minimum Gasteiger partial charge on any atom is -0.351 e. The standard InChI is InChI=1S/C9H9F3N4/c1-6(4-9(10,11)12)15-8-14-3-2-7(5-13)16-8/h2-3,6H,4H2,1H3,(H,14,15,16). The Bertz CT molecular complexity index is 396.